The van der Waals surface area contributed by atoms with Crippen LogP contribution in [0, 0.1) is 5.92 Å². The maximum atomic E-state index is 4.24. The van der Waals surface area contributed by atoms with E-state index in [1.807, 2.05) is 49.3 Å². The minimum atomic E-state index is 0. The first kappa shape index (κ1) is 24.0. The summed E-state index contributed by atoms with van der Waals surface area (Å²) in [5.41, 5.74) is 0. The van der Waals surface area contributed by atoms with Gasteiger partial charge >= 0.3 is 0 Å². The van der Waals surface area contributed by atoms with E-state index in [0.29, 0.717) is 12.0 Å². The van der Waals surface area contributed by atoms with E-state index >= 15 is 0 Å². The van der Waals surface area contributed by atoms with Gasteiger partial charge < -0.3 is 0 Å². The fourth-order valence-corrected chi connectivity index (χ4v) is 2.27. The van der Waals surface area contributed by atoms with Crippen molar-refractivity contribution in [2.45, 2.75) is 33.0 Å². The molecular formula is C18H24B2N4. The molecule has 0 spiro atoms. The summed E-state index contributed by atoms with van der Waals surface area (Å²) >= 11 is 0. The second kappa shape index (κ2) is 12.2. The van der Waals surface area contributed by atoms with Gasteiger partial charge in [-0.3, -0.25) is 20.0 Å². The first-order chi connectivity index (χ1) is 9.93. The summed E-state index contributed by atoms with van der Waals surface area (Å²) in [6.45, 7) is 0. The van der Waals surface area contributed by atoms with Crippen LogP contribution in [0.3, 0.4) is 0 Å². The van der Waals surface area contributed by atoms with Crippen LogP contribution in [0.5, 0.6) is 0 Å². The Morgan fingerprint density at radius 2 is 1.04 bits per heavy atom. The van der Waals surface area contributed by atoms with Crippen LogP contribution < -0.4 is 0 Å². The van der Waals surface area contributed by atoms with Crippen molar-refractivity contribution in [1.29, 1.82) is 0 Å². The molecule has 6 radical (unpaired) electrons. The summed E-state index contributed by atoms with van der Waals surface area (Å²) in [6, 6.07) is 0.826. The fraction of sp³-hybridized carbons (Fsp3) is 0.333. The average Bonchev–Trinajstić information content (AvgIpc) is 3.29. The Labute approximate surface area is 149 Å². The van der Waals surface area contributed by atoms with Gasteiger partial charge in [0.1, 0.15) is 0 Å². The second-order valence-corrected chi connectivity index (χ2v) is 4.74. The van der Waals surface area contributed by atoms with Crippen LogP contribution >= 0.6 is 0 Å². The summed E-state index contributed by atoms with van der Waals surface area (Å²) in [5, 5.41) is 0. The van der Waals surface area contributed by atoms with Gasteiger partial charge in [-0.05, 0) is 18.2 Å². The molecule has 0 aromatic carbocycles. The van der Waals surface area contributed by atoms with Crippen LogP contribution in [-0.2, 0) is 0 Å². The van der Waals surface area contributed by atoms with Crippen LogP contribution in [0.15, 0.2) is 68.7 Å². The van der Waals surface area contributed by atoms with Crippen molar-refractivity contribution in [1.82, 2.24) is 0 Å². The lowest BCUT2D eigenvalue weighted by Gasteiger charge is -2.06. The Morgan fingerprint density at radius 1 is 0.583 bits per heavy atom. The van der Waals surface area contributed by atoms with Crippen molar-refractivity contribution in [3.05, 3.63) is 48.7 Å². The maximum absolute atomic E-state index is 4.24. The predicted molar refractivity (Wildman–Crippen MR) is 110 cm³/mol. The molecule has 4 nitrogen and oxygen atoms in total. The van der Waals surface area contributed by atoms with Crippen LogP contribution in [-0.4, -0.2) is 59.8 Å². The number of nitrogens with zero attached hydrogens (tertiary/aromatic N) is 4. The summed E-state index contributed by atoms with van der Waals surface area (Å²) < 4.78 is 0. The summed E-state index contributed by atoms with van der Waals surface area (Å²) in [5.74, 6) is 0.398. The highest BCUT2D eigenvalue weighted by Gasteiger charge is 2.17. The molecule has 0 N–H and O–H groups in total. The first-order valence-electron chi connectivity index (χ1n) is 6.73. The molecule has 4 aliphatic heterocycles. The van der Waals surface area contributed by atoms with Gasteiger partial charge in [0.05, 0.1) is 18.1 Å². The molecule has 6 heteroatoms. The van der Waals surface area contributed by atoms with Crippen LogP contribution in [0.4, 0.5) is 0 Å². The van der Waals surface area contributed by atoms with Crippen molar-refractivity contribution in [3.63, 3.8) is 0 Å². The van der Waals surface area contributed by atoms with Gasteiger partial charge in [-0.2, -0.15) is 0 Å². The molecule has 122 valence electrons. The van der Waals surface area contributed by atoms with Gasteiger partial charge in [0.2, 0.25) is 0 Å². The molecule has 0 amide bonds. The molecule has 24 heavy (non-hydrogen) atoms. The first-order valence-corrected chi connectivity index (χ1v) is 6.73. The van der Waals surface area contributed by atoms with E-state index < -0.39 is 0 Å². The lowest BCUT2D eigenvalue weighted by molar-refractivity contribution is 0.731. The zero-order valence-electron chi connectivity index (χ0n) is 12.2. The maximum Gasteiger partial charge on any atom is 0.0942 e. The van der Waals surface area contributed by atoms with E-state index in [1.54, 1.807) is 0 Å². The van der Waals surface area contributed by atoms with Gasteiger partial charge in [0, 0.05) is 53.8 Å². The highest BCUT2D eigenvalue weighted by Crippen LogP contribution is 2.15. The zero-order chi connectivity index (χ0) is 13.6. The minimum absolute atomic E-state index is 0. The molecular weight excluding hydrogens is 294 g/mol. The molecule has 0 bridgehead atoms. The Balaban J connectivity index is 0. The van der Waals surface area contributed by atoms with Gasteiger partial charge in [0.25, 0.3) is 0 Å². The van der Waals surface area contributed by atoms with E-state index in [4.69, 9.17) is 0 Å². The van der Waals surface area contributed by atoms with Gasteiger partial charge in [-0.15, -0.1) is 0 Å². The Kier molecular flexibility index (Phi) is 12.2. The van der Waals surface area contributed by atoms with Crippen LogP contribution in [0.1, 0.15) is 14.9 Å². The highest BCUT2D eigenvalue weighted by molar-refractivity contribution is 5.78. The lowest BCUT2D eigenvalue weighted by atomic mass is 10.0. The van der Waals surface area contributed by atoms with Gasteiger partial charge in [-0.1, -0.05) is 39.2 Å². The molecule has 4 aliphatic rings. The number of hydrogen-bond donors (Lipinski definition) is 0. The third-order valence-electron chi connectivity index (χ3n) is 3.35. The lowest BCUT2D eigenvalue weighted by Crippen LogP contribution is -2.14. The van der Waals surface area contributed by atoms with E-state index in [1.165, 1.54) is 0 Å². The summed E-state index contributed by atoms with van der Waals surface area (Å²) in [7, 11) is 0. The normalized spacial score (nSPS) is 28.7. The van der Waals surface area contributed by atoms with E-state index in [9.17, 15) is 0 Å². The molecule has 4 atom stereocenters. The third-order valence-corrected chi connectivity index (χ3v) is 3.35. The van der Waals surface area contributed by atoms with Gasteiger partial charge in [0.15, 0.2) is 0 Å². The molecule has 0 aromatic heterocycles. The molecule has 4 unspecified atom stereocenters. The van der Waals surface area contributed by atoms with Crippen LogP contribution in [0.25, 0.3) is 0 Å². The largest absolute Gasteiger partial charge is 0.285 e. The highest BCUT2D eigenvalue weighted by atomic mass is 14.9. The van der Waals surface area contributed by atoms with Crippen molar-refractivity contribution in [2.75, 3.05) is 0 Å². The third kappa shape index (κ3) is 6.11. The minimum Gasteiger partial charge on any atom is -0.285 e. The predicted octanol–water partition coefficient (Wildman–Crippen LogP) is 2.73. The quantitative estimate of drug-likeness (QED) is 0.703. The summed E-state index contributed by atoms with van der Waals surface area (Å²) in [6.07, 6.45) is 23.4. The van der Waals surface area contributed by atoms with Crippen LogP contribution in [0.2, 0.25) is 0 Å². The smallest absolute Gasteiger partial charge is 0.0942 e. The van der Waals surface area contributed by atoms with E-state index in [2.05, 4.69) is 44.3 Å². The number of rotatable bonds is 2. The van der Waals surface area contributed by atoms with E-state index in [-0.39, 0.29) is 43.8 Å². The van der Waals surface area contributed by atoms with Crippen molar-refractivity contribution in [3.8, 4) is 0 Å². The van der Waals surface area contributed by atoms with Crippen molar-refractivity contribution >= 4 is 41.7 Å². The SMILES string of the molecule is C.C.C1=CC(C2C=CC=N2)N=C1.C1=CC(C2C=CN=C2)N=C1.[B].[B]. The van der Waals surface area contributed by atoms with Crippen molar-refractivity contribution in [2.24, 2.45) is 25.9 Å². The zero-order valence-corrected chi connectivity index (χ0v) is 12.2. The molecule has 0 saturated heterocycles. The van der Waals surface area contributed by atoms with E-state index in [0.717, 1.165) is 0 Å². The molecule has 0 aliphatic carbocycles. The number of hydrogen-bond acceptors (Lipinski definition) is 4. The number of aliphatic imine (C=N–C) groups is 4. The molecule has 0 saturated carbocycles. The second-order valence-electron chi connectivity index (χ2n) is 4.74. The van der Waals surface area contributed by atoms with Gasteiger partial charge in [-0.25, -0.2) is 0 Å². The Bertz CT molecular complexity index is 434. The molecule has 4 rings (SSSR count). The fourth-order valence-electron chi connectivity index (χ4n) is 2.27. The molecule has 0 fully saturated rings. The Morgan fingerprint density at radius 3 is 1.38 bits per heavy atom. The molecule has 0 aromatic rings. The Hall–Kier alpha value is -2.23. The summed E-state index contributed by atoms with van der Waals surface area (Å²) in [4.78, 5) is 16.7. The topological polar surface area (TPSA) is 49.4 Å². The average molecular weight is 318 g/mol. The van der Waals surface area contributed by atoms with Crippen molar-refractivity contribution < 1.29 is 0 Å². The number of allylic oxidation sites excluding steroid dienone is 3. The molecule has 4 heterocycles. The monoisotopic (exact) mass is 318 g/mol. The standard InChI is InChI=1S/2C8H8N2.2CH4.2B/c1-3-7(9-5-1)8-4-2-6-10-8;1-2-8(10-4-1)7-3-5-9-6-7;;;;/h2*1-8H;2*1H4;;.